The summed E-state index contributed by atoms with van der Waals surface area (Å²) in [6.07, 6.45) is 0.726. The summed E-state index contributed by atoms with van der Waals surface area (Å²) in [5.74, 6) is 0. The van der Waals surface area contributed by atoms with Crippen molar-refractivity contribution in [1.82, 2.24) is 8.61 Å². The van der Waals surface area contributed by atoms with Gasteiger partial charge in [-0.3, -0.25) is 0 Å². The van der Waals surface area contributed by atoms with E-state index in [1.807, 2.05) is 20.8 Å². The molecule has 0 saturated carbocycles. The van der Waals surface area contributed by atoms with Gasteiger partial charge >= 0.3 is 0 Å². The second kappa shape index (κ2) is 5.84. The van der Waals surface area contributed by atoms with Gasteiger partial charge in [0, 0.05) is 32.7 Å². The smallest absolute Gasteiger partial charge is 0.281 e. The van der Waals surface area contributed by atoms with Crippen molar-refractivity contribution in [3.8, 4) is 0 Å². The Morgan fingerprint density at radius 3 is 2.41 bits per heavy atom. The number of nitrogens with zero attached hydrogens (tertiary/aromatic N) is 2. The van der Waals surface area contributed by atoms with E-state index in [1.54, 1.807) is 11.4 Å². The first-order valence-corrected chi connectivity index (χ1v) is 7.08. The van der Waals surface area contributed by atoms with Gasteiger partial charge < -0.3 is 5.73 Å². The van der Waals surface area contributed by atoms with E-state index in [1.165, 1.54) is 4.31 Å². The van der Waals surface area contributed by atoms with Crippen LogP contribution in [0.3, 0.4) is 0 Å². The van der Waals surface area contributed by atoms with Crippen LogP contribution in [0, 0.1) is 5.41 Å². The van der Waals surface area contributed by atoms with Crippen molar-refractivity contribution >= 4 is 22.6 Å². The molecule has 1 heterocycles. The van der Waals surface area contributed by atoms with E-state index in [4.69, 9.17) is 5.73 Å². The molecule has 0 aromatic heterocycles. The fourth-order valence-electron chi connectivity index (χ4n) is 1.88. The van der Waals surface area contributed by atoms with Crippen LogP contribution in [0.4, 0.5) is 0 Å². The van der Waals surface area contributed by atoms with Crippen LogP contribution in [0.15, 0.2) is 0 Å². The van der Waals surface area contributed by atoms with E-state index in [0.29, 0.717) is 19.6 Å². The summed E-state index contributed by atoms with van der Waals surface area (Å²) in [5.41, 5.74) is 5.84. The molecule has 1 aliphatic rings. The molecule has 0 aromatic carbocycles. The maximum absolute atomic E-state index is 12.1. The van der Waals surface area contributed by atoms with Gasteiger partial charge in [-0.25, -0.2) is 0 Å². The lowest BCUT2D eigenvalue weighted by atomic mass is 9.81. The van der Waals surface area contributed by atoms with Gasteiger partial charge in [0.15, 0.2) is 0 Å². The largest absolute Gasteiger partial charge is 0.327 e. The third-order valence-electron chi connectivity index (χ3n) is 3.44. The van der Waals surface area contributed by atoms with E-state index in [-0.39, 0.29) is 23.9 Å². The molecular formula is C10H24ClN3O2S. The highest BCUT2D eigenvalue weighted by atomic mass is 35.5. The van der Waals surface area contributed by atoms with Crippen LogP contribution in [-0.4, -0.2) is 49.8 Å². The Morgan fingerprint density at radius 2 is 2.00 bits per heavy atom. The topological polar surface area (TPSA) is 66.6 Å². The minimum atomic E-state index is -3.30. The van der Waals surface area contributed by atoms with Crippen molar-refractivity contribution in [3.05, 3.63) is 0 Å². The highest BCUT2D eigenvalue weighted by Crippen LogP contribution is 2.29. The van der Waals surface area contributed by atoms with Crippen LogP contribution >= 0.6 is 12.4 Å². The molecule has 0 amide bonds. The minimum Gasteiger partial charge on any atom is -0.327 e. The Balaban J connectivity index is 0.00000256. The Bertz CT molecular complexity index is 345. The molecule has 0 aliphatic carbocycles. The standard InChI is InChI=1S/C10H23N3O2S.ClH/c1-5-12(4)16(14,15)13-7-6-9(11)10(2,3)8-13;/h9H,5-8,11H2,1-4H3;1H. The summed E-state index contributed by atoms with van der Waals surface area (Å²) >= 11 is 0. The lowest BCUT2D eigenvalue weighted by molar-refractivity contribution is 0.150. The van der Waals surface area contributed by atoms with Gasteiger partial charge in [0.1, 0.15) is 0 Å². The van der Waals surface area contributed by atoms with Crippen LogP contribution in [0.25, 0.3) is 0 Å². The Morgan fingerprint density at radius 1 is 1.47 bits per heavy atom. The fourth-order valence-corrected chi connectivity index (χ4v) is 3.43. The molecule has 7 heteroatoms. The number of nitrogens with two attached hydrogens (primary N) is 1. The molecule has 17 heavy (non-hydrogen) atoms. The first kappa shape index (κ1) is 17.1. The summed E-state index contributed by atoms with van der Waals surface area (Å²) in [7, 11) is -1.69. The van der Waals surface area contributed by atoms with Gasteiger partial charge in [0.05, 0.1) is 0 Å². The van der Waals surface area contributed by atoms with E-state index in [0.717, 1.165) is 6.42 Å². The number of hydrogen-bond acceptors (Lipinski definition) is 3. The van der Waals surface area contributed by atoms with E-state index in [9.17, 15) is 8.42 Å². The quantitative estimate of drug-likeness (QED) is 0.829. The van der Waals surface area contributed by atoms with Crippen molar-refractivity contribution in [2.75, 3.05) is 26.7 Å². The van der Waals surface area contributed by atoms with Gasteiger partial charge in [-0.1, -0.05) is 20.8 Å². The molecule has 1 saturated heterocycles. The van der Waals surface area contributed by atoms with Crippen molar-refractivity contribution in [2.45, 2.75) is 33.2 Å². The van der Waals surface area contributed by atoms with Crippen molar-refractivity contribution in [2.24, 2.45) is 11.1 Å². The number of hydrogen-bond donors (Lipinski definition) is 1. The van der Waals surface area contributed by atoms with Crippen LogP contribution in [0.2, 0.25) is 0 Å². The monoisotopic (exact) mass is 285 g/mol. The number of piperidine rings is 1. The predicted molar refractivity (Wildman–Crippen MR) is 72.4 cm³/mol. The molecule has 0 radical (unpaired) electrons. The molecule has 1 aliphatic heterocycles. The second-order valence-corrected chi connectivity index (χ2v) is 7.17. The van der Waals surface area contributed by atoms with E-state index in [2.05, 4.69) is 0 Å². The molecule has 2 N–H and O–H groups in total. The van der Waals surface area contributed by atoms with Gasteiger partial charge in [-0.15, -0.1) is 12.4 Å². The van der Waals surface area contributed by atoms with Gasteiger partial charge in [-0.2, -0.15) is 17.0 Å². The molecule has 104 valence electrons. The molecule has 1 unspecified atom stereocenters. The molecule has 1 rings (SSSR count). The highest BCUT2D eigenvalue weighted by Gasteiger charge is 2.39. The van der Waals surface area contributed by atoms with Gasteiger partial charge in [0.25, 0.3) is 10.2 Å². The maximum Gasteiger partial charge on any atom is 0.281 e. The average molecular weight is 286 g/mol. The van der Waals surface area contributed by atoms with Gasteiger partial charge in [-0.05, 0) is 11.8 Å². The van der Waals surface area contributed by atoms with Gasteiger partial charge in [0.2, 0.25) is 0 Å². The lowest BCUT2D eigenvalue weighted by Gasteiger charge is -2.42. The van der Waals surface area contributed by atoms with E-state index < -0.39 is 10.2 Å². The molecule has 0 spiro atoms. The molecule has 0 bridgehead atoms. The molecule has 0 aromatic rings. The second-order valence-electron chi connectivity index (χ2n) is 5.14. The summed E-state index contributed by atoms with van der Waals surface area (Å²) in [6, 6.07) is 0.0749. The molecular weight excluding hydrogens is 262 g/mol. The summed E-state index contributed by atoms with van der Waals surface area (Å²) < 4.78 is 27.2. The summed E-state index contributed by atoms with van der Waals surface area (Å²) in [5, 5.41) is 0. The molecule has 1 atom stereocenters. The zero-order valence-corrected chi connectivity index (χ0v) is 12.6. The van der Waals surface area contributed by atoms with Crippen molar-refractivity contribution in [3.63, 3.8) is 0 Å². The Hall–Kier alpha value is 0.120. The lowest BCUT2D eigenvalue weighted by Crippen LogP contribution is -2.56. The molecule has 1 fully saturated rings. The zero-order valence-electron chi connectivity index (χ0n) is 11.0. The Labute approximate surface area is 111 Å². The maximum atomic E-state index is 12.1. The SMILES string of the molecule is CCN(C)S(=O)(=O)N1CCC(N)C(C)(C)C1.Cl. The zero-order chi connectivity index (χ0) is 12.6. The summed E-state index contributed by atoms with van der Waals surface area (Å²) in [4.78, 5) is 0. The van der Waals surface area contributed by atoms with Crippen molar-refractivity contribution in [1.29, 1.82) is 0 Å². The highest BCUT2D eigenvalue weighted by molar-refractivity contribution is 7.86. The van der Waals surface area contributed by atoms with Crippen LogP contribution < -0.4 is 5.73 Å². The third kappa shape index (κ3) is 3.54. The van der Waals surface area contributed by atoms with E-state index >= 15 is 0 Å². The average Bonchev–Trinajstić information content (AvgIpc) is 2.20. The number of halogens is 1. The number of rotatable bonds is 3. The third-order valence-corrected chi connectivity index (χ3v) is 5.45. The minimum absolute atomic E-state index is 0. The van der Waals surface area contributed by atoms with Crippen molar-refractivity contribution < 1.29 is 8.42 Å². The first-order chi connectivity index (χ1) is 7.21. The Kier molecular flexibility index (Phi) is 5.88. The predicted octanol–water partition coefficient (Wildman–Crippen LogP) is 0.664. The summed E-state index contributed by atoms with van der Waals surface area (Å²) in [6.45, 7) is 7.39. The van der Waals surface area contributed by atoms with Crippen LogP contribution in [0.1, 0.15) is 27.2 Å². The first-order valence-electron chi connectivity index (χ1n) is 5.69. The fraction of sp³-hybridized carbons (Fsp3) is 1.00. The normalized spacial score (nSPS) is 25.6. The van der Waals surface area contributed by atoms with Crippen LogP contribution in [0.5, 0.6) is 0 Å². The van der Waals surface area contributed by atoms with Crippen LogP contribution in [-0.2, 0) is 10.2 Å². The molecule has 5 nitrogen and oxygen atoms in total.